The lowest BCUT2D eigenvalue weighted by Crippen LogP contribution is -2.43. The van der Waals surface area contributed by atoms with Crippen LogP contribution >= 0.6 is 0 Å². The van der Waals surface area contributed by atoms with Crippen molar-refractivity contribution in [1.29, 1.82) is 0 Å². The predicted molar refractivity (Wildman–Crippen MR) is 105 cm³/mol. The summed E-state index contributed by atoms with van der Waals surface area (Å²) in [7, 11) is -4.41. The van der Waals surface area contributed by atoms with E-state index in [2.05, 4.69) is 0 Å². The van der Waals surface area contributed by atoms with Crippen molar-refractivity contribution in [3.63, 3.8) is 0 Å². The lowest BCUT2D eigenvalue weighted by atomic mass is 10.2. The fourth-order valence-corrected chi connectivity index (χ4v) is 4.25. The summed E-state index contributed by atoms with van der Waals surface area (Å²) in [5, 5.41) is 0. The minimum absolute atomic E-state index is 0.202. The number of anilines is 1. The molecule has 1 amide bonds. The van der Waals surface area contributed by atoms with Crippen molar-refractivity contribution in [2.75, 3.05) is 23.9 Å². The molecule has 0 saturated heterocycles. The third kappa shape index (κ3) is 5.29. The normalized spacial score (nSPS) is 11.9. The molecule has 0 N–H and O–H groups in total. The highest BCUT2D eigenvalue weighted by molar-refractivity contribution is 7.92. The minimum Gasteiger partial charge on any atom is -0.342 e. The Labute approximate surface area is 168 Å². The quantitative estimate of drug-likeness (QED) is 0.668. The summed E-state index contributed by atoms with van der Waals surface area (Å²) in [5.41, 5.74) is 0.00579. The van der Waals surface area contributed by atoms with Gasteiger partial charge in [-0.3, -0.25) is 9.10 Å². The Balaban J connectivity index is 2.55. The van der Waals surface area contributed by atoms with Gasteiger partial charge in [-0.15, -0.1) is 0 Å². The van der Waals surface area contributed by atoms with Crippen LogP contribution in [0.4, 0.5) is 18.9 Å². The van der Waals surface area contributed by atoms with Crippen LogP contribution in [0.3, 0.4) is 0 Å². The first-order chi connectivity index (χ1) is 13.5. The van der Waals surface area contributed by atoms with E-state index in [1.165, 1.54) is 17.0 Å². The highest BCUT2D eigenvalue weighted by atomic mass is 32.2. The summed E-state index contributed by atoms with van der Waals surface area (Å²) in [4.78, 5) is 13.5. The first-order valence-corrected chi connectivity index (χ1v) is 10.5. The molecule has 0 spiro atoms. The van der Waals surface area contributed by atoms with Crippen LogP contribution in [0.2, 0.25) is 0 Å². The fraction of sp³-hybridized carbons (Fsp3) is 0.350. The predicted octanol–water partition coefficient (Wildman–Crippen LogP) is 4.08. The van der Waals surface area contributed by atoms with Crippen LogP contribution in [0.1, 0.15) is 25.0 Å². The van der Waals surface area contributed by atoms with Gasteiger partial charge >= 0.3 is 6.18 Å². The van der Waals surface area contributed by atoms with Crippen molar-refractivity contribution < 1.29 is 26.4 Å². The SMILES string of the molecule is CCN(CC)C(=O)CN(c1ccc(C)cc1)S(=O)(=O)c1cccc(C(F)(F)F)c1. The number of amides is 1. The van der Waals surface area contributed by atoms with Gasteiger partial charge in [-0.2, -0.15) is 13.2 Å². The molecule has 0 heterocycles. The van der Waals surface area contributed by atoms with Crippen LogP contribution in [-0.2, 0) is 21.0 Å². The van der Waals surface area contributed by atoms with E-state index in [-0.39, 0.29) is 5.69 Å². The number of hydrogen-bond donors (Lipinski definition) is 0. The number of nitrogens with zero attached hydrogens (tertiary/aromatic N) is 2. The largest absolute Gasteiger partial charge is 0.416 e. The van der Waals surface area contributed by atoms with E-state index in [0.717, 1.165) is 28.1 Å². The van der Waals surface area contributed by atoms with E-state index in [9.17, 15) is 26.4 Å². The Hall–Kier alpha value is -2.55. The van der Waals surface area contributed by atoms with Gasteiger partial charge < -0.3 is 4.90 Å². The standard InChI is InChI=1S/C20H23F3N2O3S/c1-4-24(5-2)19(26)14-25(17-11-9-15(3)10-12-17)29(27,28)18-8-6-7-16(13-18)20(21,22)23/h6-13H,4-5,14H2,1-3H3. The third-order valence-corrected chi connectivity index (χ3v) is 6.24. The van der Waals surface area contributed by atoms with E-state index < -0.39 is 39.1 Å². The molecule has 0 atom stereocenters. The molecule has 0 aromatic heterocycles. The van der Waals surface area contributed by atoms with E-state index >= 15 is 0 Å². The Kier molecular flexibility index (Phi) is 6.94. The second-order valence-corrected chi connectivity index (χ2v) is 8.30. The number of benzene rings is 2. The van der Waals surface area contributed by atoms with E-state index in [4.69, 9.17) is 0 Å². The van der Waals surface area contributed by atoms with Crippen LogP contribution < -0.4 is 4.31 Å². The number of aryl methyl sites for hydroxylation is 1. The maximum atomic E-state index is 13.2. The van der Waals surface area contributed by atoms with Crippen molar-refractivity contribution in [2.24, 2.45) is 0 Å². The number of sulfonamides is 1. The van der Waals surface area contributed by atoms with E-state index in [0.29, 0.717) is 19.2 Å². The molecular formula is C20H23F3N2O3S. The summed E-state index contributed by atoms with van der Waals surface area (Å²) in [6.45, 7) is 5.61. The summed E-state index contributed by atoms with van der Waals surface area (Å²) in [6.07, 6.45) is -4.68. The van der Waals surface area contributed by atoms with Gasteiger partial charge in [0.05, 0.1) is 16.1 Å². The number of carbonyl (C=O) groups excluding carboxylic acids is 1. The molecule has 9 heteroatoms. The molecule has 2 aromatic carbocycles. The van der Waals surface area contributed by atoms with Crippen molar-refractivity contribution in [3.8, 4) is 0 Å². The number of halogens is 3. The lowest BCUT2D eigenvalue weighted by Gasteiger charge is -2.27. The zero-order chi connectivity index (χ0) is 21.8. The minimum atomic E-state index is -4.68. The molecule has 0 bridgehead atoms. The Morgan fingerprint density at radius 2 is 1.59 bits per heavy atom. The molecule has 0 aliphatic heterocycles. The number of alkyl halides is 3. The molecule has 0 unspecified atom stereocenters. The Morgan fingerprint density at radius 1 is 1.00 bits per heavy atom. The summed E-state index contributed by atoms with van der Waals surface area (Å²) >= 11 is 0. The molecule has 29 heavy (non-hydrogen) atoms. The molecule has 158 valence electrons. The van der Waals surface area contributed by atoms with Crippen molar-refractivity contribution in [1.82, 2.24) is 4.90 Å². The zero-order valence-corrected chi connectivity index (χ0v) is 17.2. The molecule has 5 nitrogen and oxygen atoms in total. The Bertz CT molecular complexity index is 954. The molecule has 0 fully saturated rings. The average Bonchev–Trinajstić information content (AvgIpc) is 2.67. The van der Waals surface area contributed by atoms with Crippen LogP contribution in [0, 0.1) is 6.92 Å². The first kappa shape index (κ1) is 22.7. The lowest BCUT2D eigenvalue weighted by molar-refractivity contribution is -0.137. The fourth-order valence-electron chi connectivity index (χ4n) is 2.79. The number of hydrogen-bond acceptors (Lipinski definition) is 3. The van der Waals surface area contributed by atoms with Crippen molar-refractivity contribution >= 4 is 21.6 Å². The summed E-state index contributed by atoms with van der Waals surface area (Å²) < 4.78 is 66.5. The monoisotopic (exact) mass is 428 g/mol. The van der Waals surface area contributed by atoms with Gasteiger partial charge in [0.1, 0.15) is 6.54 Å². The smallest absolute Gasteiger partial charge is 0.342 e. The third-order valence-electron chi connectivity index (χ3n) is 4.47. The van der Waals surface area contributed by atoms with Crippen LogP contribution in [0.25, 0.3) is 0 Å². The summed E-state index contributed by atoms with van der Waals surface area (Å²) in [6, 6.07) is 9.90. The van der Waals surface area contributed by atoms with Gasteiger partial charge in [0.2, 0.25) is 5.91 Å². The van der Waals surface area contributed by atoms with Crippen LogP contribution in [-0.4, -0.2) is 38.9 Å². The van der Waals surface area contributed by atoms with Gasteiger partial charge in [0, 0.05) is 13.1 Å². The number of carbonyl (C=O) groups is 1. The van der Waals surface area contributed by atoms with Crippen molar-refractivity contribution in [3.05, 3.63) is 59.7 Å². The highest BCUT2D eigenvalue weighted by Crippen LogP contribution is 2.32. The molecule has 0 saturated carbocycles. The van der Waals surface area contributed by atoms with Crippen LogP contribution in [0.15, 0.2) is 53.4 Å². The average molecular weight is 428 g/mol. The van der Waals surface area contributed by atoms with Crippen LogP contribution in [0.5, 0.6) is 0 Å². The molecule has 0 aliphatic carbocycles. The number of likely N-dealkylation sites (N-methyl/N-ethyl adjacent to an activating group) is 1. The molecular weight excluding hydrogens is 405 g/mol. The van der Waals surface area contributed by atoms with Crippen molar-refractivity contribution in [2.45, 2.75) is 31.8 Å². The highest BCUT2D eigenvalue weighted by Gasteiger charge is 2.34. The van der Waals surface area contributed by atoms with E-state index in [1.807, 2.05) is 6.92 Å². The van der Waals surface area contributed by atoms with Gasteiger partial charge in [-0.05, 0) is 51.1 Å². The maximum absolute atomic E-state index is 13.2. The van der Waals surface area contributed by atoms with Gasteiger partial charge in [0.25, 0.3) is 10.0 Å². The zero-order valence-electron chi connectivity index (χ0n) is 16.4. The maximum Gasteiger partial charge on any atom is 0.416 e. The molecule has 0 aliphatic rings. The second kappa shape index (κ2) is 8.86. The van der Waals surface area contributed by atoms with Gasteiger partial charge in [-0.1, -0.05) is 23.8 Å². The first-order valence-electron chi connectivity index (χ1n) is 9.05. The molecule has 0 radical (unpaired) electrons. The molecule has 2 aromatic rings. The molecule has 2 rings (SSSR count). The Morgan fingerprint density at radius 3 is 2.10 bits per heavy atom. The second-order valence-electron chi connectivity index (χ2n) is 6.44. The van der Waals surface area contributed by atoms with E-state index in [1.54, 1.807) is 26.0 Å². The summed E-state index contributed by atoms with van der Waals surface area (Å²) in [5.74, 6) is -0.439. The van der Waals surface area contributed by atoms with Gasteiger partial charge in [0.15, 0.2) is 0 Å². The number of rotatable bonds is 7. The topological polar surface area (TPSA) is 57.7 Å². The van der Waals surface area contributed by atoms with Gasteiger partial charge in [-0.25, -0.2) is 8.42 Å².